The molecular formula is C11H14F2N2O4. The Balaban J connectivity index is 2.73. The fourth-order valence-electron chi connectivity index (χ4n) is 1.30. The van der Waals surface area contributed by atoms with Gasteiger partial charge < -0.3 is 14.9 Å². The maximum atomic E-state index is 12.2. The summed E-state index contributed by atoms with van der Waals surface area (Å²) < 4.78 is 29.2. The standard InChI is InChI=1S/C11H14F2N2O4/c1-5(2)8-3-6(15-19-8)10(16)14-7(11(17)18)4-9(12)13/h3,5,7,9H,4H2,1-2H3,(H,14,16)(H,17,18). The number of halogens is 2. The Kier molecular flexibility index (Phi) is 4.96. The topological polar surface area (TPSA) is 92.4 Å². The van der Waals surface area contributed by atoms with Gasteiger partial charge in [-0.1, -0.05) is 19.0 Å². The fourth-order valence-corrected chi connectivity index (χ4v) is 1.30. The predicted molar refractivity (Wildman–Crippen MR) is 60.1 cm³/mol. The van der Waals surface area contributed by atoms with E-state index in [9.17, 15) is 18.4 Å². The van der Waals surface area contributed by atoms with Gasteiger partial charge in [0.1, 0.15) is 11.8 Å². The minimum Gasteiger partial charge on any atom is -0.480 e. The van der Waals surface area contributed by atoms with Crippen LogP contribution in [0.3, 0.4) is 0 Å². The van der Waals surface area contributed by atoms with E-state index in [-0.39, 0.29) is 11.6 Å². The number of alkyl halides is 2. The molecule has 1 rings (SSSR count). The zero-order chi connectivity index (χ0) is 14.6. The van der Waals surface area contributed by atoms with Gasteiger partial charge in [-0.05, 0) is 0 Å². The molecule has 106 valence electrons. The summed E-state index contributed by atoms with van der Waals surface area (Å²) in [6, 6.07) is -0.312. The largest absolute Gasteiger partial charge is 0.480 e. The number of aliphatic carboxylic acids is 1. The van der Waals surface area contributed by atoms with Crippen LogP contribution < -0.4 is 5.32 Å². The Hall–Kier alpha value is -1.99. The molecule has 8 heteroatoms. The molecule has 1 heterocycles. The highest BCUT2D eigenvalue weighted by atomic mass is 19.3. The number of nitrogens with zero attached hydrogens (tertiary/aromatic N) is 1. The number of carbonyl (C=O) groups is 2. The Morgan fingerprint density at radius 3 is 2.53 bits per heavy atom. The van der Waals surface area contributed by atoms with E-state index in [1.165, 1.54) is 6.07 Å². The SMILES string of the molecule is CC(C)c1cc(C(=O)NC(CC(F)F)C(=O)O)no1. The summed E-state index contributed by atoms with van der Waals surface area (Å²) in [6.45, 7) is 3.64. The van der Waals surface area contributed by atoms with Gasteiger partial charge in [-0.2, -0.15) is 0 Å². The zero-order valence-electron chi connectivity index (χ0n) is 10.4. The smallest absolute Gasteiger partial charge is 0.326 e. The van der Waals surface area contributed by atoms with Crippen molar-refractivity contribution in [1.82, 2.24) is 10.5 Å². The minimum absolute atomic E-state index is 0.00499. The lowest BCUT2D eigenvalue weighted by Gasteiger charge is -2.12. The summed E-state index contributed by atoms with van der Waals surface area (Å²) in [5.74, 6) is -1.93. The van der Waals surface area contributed by atoms with Gasteiger partial charge >= 0.3 is 5.97 Å². The molecular weight excluding hydrogens is 262 g/mol. The van der Waals surface area contributed by atoms with Crippen molar-refractivity contribution in [3.05, 3.63) is 17.5 Å². The molecule has 0 aliphatic rings. The van der Waals surface area contributed by atoms with Crippen LogP contribution in [0.25, 0.3) is 0 Å². The highest BCUT2D eigenvalue weighted by Gasteiger charge is 2.26. The summed E-state index contributed by atoms with van der Waals surface area (Å²) in [4.78, 5) is 22.4. The molecule has 1 aromatic rings. The molecule has 1 atom stereocenters. The summed E-state index contributed by atoms with van der Waals surface area (Å²) in [5.41, 5.74) is -0.135. The van der Waals surface area contributed by atoms with Crippen molar-refractivity contribution in [1.29, 1.82) is 0 Å². The molecule has 6 nitrogen and oxygen atoms in total. The van der Waals surface area contributed by atoms with Crippen molar-refractivity contribution < 1.29 is 28.0 Å². The van der Waals surface area contributed by atoms with Crippen LogP contribution in [0, 0.1) is 0 Å². The monoisotopic (exact) mass is 276 g/mol. The summed E-state index contributed by atoms with van der Waals surface area (Å²) in [6.07, 6.45) is -3.79. The van der Waals surface area contributed by atoms with E-state index in [4.69, 9.17) is 9.63 Å². The van der Waals surface area contributed by atoms with Crippen LogP contribution in [-0.4, -0.2) is 34.6 Å². The molecule has 19 heavy (non-hydrogen) atoms. The van der Waals surface area contributed by atoms with E-state index in [2.05, 4.69) is 5.16 Å². The van der Waals surface area contributed by atoms with Crippen molar-refractivity contribution in [2.24, 2.45) is 0 Å². The summed E-state index contributed by atoms with van der Waals surface area (Å²) >= 11 is 0. The third kappa shape index (κ3) is 4.31. The molecule has 0 fully saturated rings. The average Bonchev–Trinajstić information content (AvgIpc) is 2.76. The second-order valence-electron chi connectivity index (χ2n) is 4.26. The number of hydrogen-bond donors (Lipinski definition) is 2. The zero-order valence-corrected chi connectivity index (χ0v) is 10.4. The molecule has 1 amide bonds. The number of rotatable bonds is 6. The van der Waals surface area contributed by atoms with Crippen LogP contribution in [0.1, 0.15) is 42.4 Å². The number of nitrogens with one attached hydrogen (secondary N) is 1. The molecule has 1 unspecified atom stereocenters. The molecule has 0 aliphatic heterocycles. The van der Waals surface area contributed by atoms with Crippen LogP contribution in [-0.2, 0) is 4.79 Å². The maximum absolute atomic E-state index is 12.2. The van der Waals surface area contributed by atoms with Gasteiger partial charge in [-0.25, -0.2) is 13.6 Å². The van der Waals surface area contributed by atoms with E-state index in [1.54, 1.807) is 0 Å². The van der Waals surface area contributed by atoms with Crippen LogP contribution >= 0.6 is 0 Å². The van der Waals surface area contributed by atoms with Crippen LogP contribution in [0.4, 0.5) is 8.78 Å². The number of amides is 1. The lowest BCUT2D eigenvalue weighted by molar-refractivity contribution is -0.140. The number of carboxylic acid groups (broad SMARTS) is 1. The van der Waals surface area contributed by atoms with Gasteiger partial charge in [0.25, 0.3) is 5.91 Å². The predicted octanol–water partition coefficient (Wildman–Crippen LogP) is 1.64. The Morgan fingerprint density at radius 2 is 2.11 bits per heavy atom. The second kappa shape index (κ2) is 6.26. The Morgan fingerprint density at radius 1 is 1.47 bits per heavy atom. The molecule has 2 N–H and O–H groups in total. The van der Waals surface area contributed by atoms with E-state index in [0.717, 1.165) is 0 Å². The highest BCUT2D eigenvalue weighted by Crippen LogP contribution is 2.15. The van der Waals surface area contributed by atoms with Crippen molar-refractivity contribution in [2.75, 3.05) is 0 Å². The fraction of sp³-hybridized carbons (Fsp3) is 0.545. The van der Waals surface area contributed by atoms with Crippen LogP contribution in [0.2, 0.25) is 0 Å². The van der Waals surface area contributed by atoms with E-state index in [0.29, 0.717) is 5.76 Å². The number of carboxylic acids is 1. The lowest BCUT2D eigenvalue weighted by atomic mass is 10.1. The summed E-state index contributed by atoms with van der Waals surface area (Å²) in [7, 11) is 0. The van der Waals surface area contributed by atoms with E-state index in [1.807, 2.05) is 19.2 Å². The molecule has 0 saturated carbocycles. The first-order chi connectivity index (χ1) is 8.81. The minimum atomic E-state index is -2.83. The van der Waals surface area contributed by atoms with Gasteiger partial charge in [0.15, 0.2) is 5.69 Å². The normalized spacial score (nSPS) is 12.7. The molecule has 0 spiro atoms. The van der Waals surface area contributed by atoms with Crippen molar-refractivity contribution in [3.8, 4) is 0 Å². The van der Waals surface area contributed by atoms with Gasteiger partial charge in [0.2, 0.25) is 6.43 Å². The van der Waals surface area contributed by atoms with Crippen LogP contribution in [0.15, 0.2) is 10.6 Å². The number of hydrogen-bond acceptors (Lipinski definition) is 4. The Bertz CT molecular complexity index is 459. The average molecular weight is 276 g/mol. The third-order valence-corrected chi connectivity index (χ3v) is 2.35. The number of aromatic nitrogens is 1. The molecule has 0 aliphatic carbocycles. The quantitative estimate of drug-likeness (QED) is 0.823. The molecule has 0 radical (unpaired) electrons. The first kappa shape index (κ1) is 15.1. The van der Waals surface area contributed by atoms with Crippen molar-refractivity contribution in [3.63, 3.8) is 0 Å². The molecule has 1 aromatic heterocycles. The van der Waals surface area contributed by atoms with E-state index >= 15 is 0 Å². The van der Waals surface area contributed by atoms with Crippen molar-refractivity contribution >= 4 is 11.9 Å². The Labute approximate surface area is 107 Å². The summed E-state index contributed by atoms with van der Waals surface area (Å²) in [5, 5.41) is 14.2. The van der Waals surface area contributed by atoms with Crippen LogP contribution in [0.5, 0.6) is 0 Å². The van der Waals surface area contributed by atoms with Gasteiger partial charge in [0.05, 0.1) is 0 Å². The van der Waals surface area contributed by atoms with E-state index < -0.39 is 30.8 Å². The van der Waals surface area contributed by atoms with Gasteiger partial charge in [-0.3, -0.25) is 4.79 Å². The first-order valence-corrected chi connectivity index (χ1v) is 5.59. The molecule has 0 saturated heterocycles. The molecule has 0 aromatic carbocycles. The number of carbonyl (C=O) groups excluding carboxylic acids is 1. The van der Waals surface area contributed by atoms with Crippen molar-refractivity contribution in [2.45, 2.75) is 38.7 Å². The van der Waals surface area contributed by atoms with Gasteiger partial charge in [0, 0.05) is 18.4 Å². The molecule has 0 bridgehead atoms. The lowest BCUT2D eigenvalue weighted by Crippen LogP contribution is -2.42. The second-order valence-corrected chi connectivity index (χ2v) is 4.26. The third-order valence-electron chi connectivity index (χ3n) is 2.35. The first-order valence-electron chi connectivity index (χ1n) is 5.59. The maximum Gasteiger partial charge on any atom is 0.326 e. The van der Waals surface area contributed by atoms with Gasteiger partial charge in [-0.15, -0.1) is 0 Å². The highest BCUT2D eigenvalue weighted by molar-refractivity contribution is 5.94.